The zero-order valence-corrected chi connectivity index (χ0v) is 14.9. The second-order valence-electron chi connectivity index (χ2n) is 6.80. The third kappa shape index (κ3) is 8.52. The van der Waals surface area contributed by atoms with Crippen LogP contribution in [0.4, 0.5) is 0 Å². The monoisotopic (exact) mass is 326 g/mol. The summed E-state index contributed by atoms with van der Waals surface area (Å²) in [6.07, 6.45) is 9.26. The quantitative estimate of drug-likeness (QED) is 0.354. The molecule has 0 radical (unpaired) electrons. The fourth-order valence-corrected chi connectivity index (χ4v) is 2.96. The molecule has 1 aliphatic carbocycles. The maximum absolute atomic E-state index is 11.4. The summed E-state index contributed by atoms with van der Waals surface area (Å²) in [7, 11) is 0. The van der Waals surface area contributed by atoms with Crippen molar-refractivity contribution in [3.63, 3.8) is 0 Å². The number of aliphatic hydroxyl groups is 1. The van der Waals surface area contributed by atoms with Crippen molar-refractivity contribution in [1.29, 1.82) is 0 Å². The summed E-state index contributed by atoms with van der Waals surface area (Å²) in [5.41, 5.74) is 0.428. The standard InChI is InChI=1S/C19H34O4/c1-4-5-6-7-8-9-12-22-18-13-16(10-11-17(18)20)14-23-19(21)15(2)3/h16-18,20H,2,4-14H2,1,3H3. The number of hydrogen-bond acceptors (Lipinski definition) is 4. The van der Waals surface area contributed by atoms with Crippen LogP contribution in [-0.2, 0) is 14.3 Å². The van der Waals surface area contributed by atoms with E-state index in [0.29, 0.717) is 18.8 Å². The molecule has 0 saturated heterocycles. The zero-order valence-electron chi connectivity index (χ0n) is 14.9. The van der Waals surface area contributed by atoms with Gasteiger partial charge in [0, 0.05) is 12.2 Å². The Bertz CT molecular complexity index is 353. The van der Waals surface area contributed by atoms with Crippen molar-refractivity contribution >= 4 is 5.97 Å². The van der Waals surface area contributed by atoms with Gasteiger partial charge in [0.2, 0.25) is 0 Å². The van der Waals surface area contributed by atoms with E-state index in [1.54, 1.807) is 6.92 Å². The van der Waals surface area contributed by atoms with Crippen molar-refractivity contribution in [2.75, 3.05) is 13.2 Å². The van der Waals surface area contributed by atoms with Gasteiger partial charge in [-0.05, 0) is 38.5 Å². The van der Waals surface area contributed by atoms with Crippen LogP contribution >= 0.6 is 0 Å². The molecule has 0 heterocycles. The van der Waals surface area contributed by atoms with Gasteiger partial charge in [0.15, 0.2) is 0 Å². The van der Waals surface area contributed by atoms with Crippen molar-refractivity contribution in [3.05, 3.63) is 12.2 Å². The molecule has 0 aromatic heterocycles. The van der Waals surface area contributed by atoms with Crippen LogP contribution in [-0.4, -0.2) is 36.5 Å². The van der Waals surface area contributed by atoms with Gasteiger partial charge in [-0.25, -0.2) is 4.79 Å². The number of aliphatic hydroxyl groups excluding tert-OH is 1. The number of hydrogen-bond donors (Lipinski definition) is 1. The van der Waals surface area contributed by atoms with Gasteiger partial charge in [0.05, 0.1) is 18.8 Å². The molecular formula is C19H34O4. The van der Waals surface area contributed by atoms with Gasteiger partial charge in [0.1, 0.15) is 0 Å². The highest BCUT2D eigenvalue weighted by Gasteiger charge is 2.30. The highest BCUT2D eigenvalue weighted by molar-refractivity contribution is 5.86. The maximum atomic E-state index is 11.4. The Hall–Kier alpha value is -0.870. The molecule has 1 saturated carbocycles. The van der Waals surface area contributed by atoms with Crippen molar-refractivity contribution in [3.8, 4) is 0 Å². The second-order valence-corrected chi connectivity index (χ2v) is 6.80. The van der Waals surface area contributed by atoms with Crippen LogP contribution in [0.5, 0.6) is 0 Å². The van der Waals surface area contributed by atoms with Crippen molar-refractivity contribution < 1.29 is 19.4 Å². The lowest BCUT2D eigenvalue weighted by atomic mass is 9.86. The molecule has 0 aromatic carbocycles. The Morgan fingerprint density at radius 1 is 1.17 bits per heavy atom. The van der Waals surface area contributed by atoms with Crippen LogP contribution in [0.2, 0.25) is 0 Å². The molecule has 1 aliphatic rings. The summed E-state index contributed by atoms with van der Waals surface area (Å²) in [6.45, 7) is 8.57. The molecule has 4 heteroatoms. The van der Waals surface area contributed by atoms with Crippen LogP contribution in [0.25, 0.3) is 0 Å². The number of carbonyl (C=O) groups is 1. The van der Waals surface area contributed by atoms with Gasteiger partial charge < -0.3 is 14.6 Å². The molecule has 1 rings (SSSR count). The van der Waals surface area contributed by atoms with Gasteiger partial charge >= 0.3 is 5.97 Å². The minimum absolute atomic E-state index is 0.118. The molecule has 4 nitrogen and oxygen atoms in total. The lowest BCUT2D eigenvalue weighted by Crippen LogP contribution is -2.37. The normalized spacial score (nSPS) is 24.4. The van der Waals surface area contributed by atoms with E-state index >= 15 is 0 Å². The van der Waals surface area contributed by atoms with E-state index in [-0.39, 0.29) is 24.1 Å². The second kappa shape index (κ2) is 11.6. The largest absolute Gasteiger partial charge is 0.462 e. The van der Waals surface area contributed by atoms with Crippen LogP contribution in [0.3, 0.4) is 0 Å². The van der Waals surface area contributed by atoms with Crippen LogP contribution in [0.15, 0.2) is 12.2 Å². The molecule has 3 unspecified atom stereocenters. The Balaban J connectivity index is 2.18. The SMILES string of the molecule is C=C(C)C(=O)OCC1CCC(O)C(OCCCCCCCC)C1. The fraction of sp³-hybridized carbons (Fsp3) is 0.842. The highest BCUT2D eigenvalue weighted by Crippen LogP contribution is 2.27. The predicted molar refractivity (Wildman–Crippen MR) is 92.2 cm³/mol. The van der Waals surface area contributed by atoms with E-state index < -0.39 is 0 Å². The number of esters is 1. The third-order valence-corrected chi connectivity index (χ3v) is 4.49. The summed E-state index contributed by atoms with van der Waals surface area (Å²) in [5.74, 6) is -0.0584. The van der Waals surface area contributed by atoms with E-state index in [4.69, 9.17) is 9.47 Å². The number of unbranched alkanes of at least 4 members (excludes halogenated alkanes) is 5. The van der Waals surface area contributed by atoms with Gasteiger partial charge in [0.25, 0.3) is 0 Å². The van der Waals surface area contributed by atoms with Gasteiger partial charge in [-0.1, -0.05) is 45.6 Å². The topological polar surface area (TPSA) is 55.8 Å². The first-order valence-corrected chi connectivity index (χ1v) is 9.16. The van der Waals surface area contributed by atoms with Gasteiger partial charge in [-0.3, -0.25) is 0 Å². The molecule has 0 spiro atoms. The van der Waals surface area contributed by atoms with E-state index in [9.17, 15) is 9.90 Å². The fourth-order valence-electron chi connectivity index (χ4n) is 2.96. The molecule has 1 fully saturated rings. The number of rotatable bonds is 11. The van der Waals surface area contributed by atoms with Gasteiger partial charge in [-0.2, -0.15) is 0 Å². The lowest BCUT2D eigenvalue weighted by molar-refractivity contribution is -0.142. The highest BCUT2D eigenvalue weighted by atomic mass is 16.5. The molecule has 3 atom stereocenters. The Morgan fingerprint density at radius 2 is 1.87 bits per heavy atom. The van der Waals surface area contributed by atoms with Gasteiger partial charge in [-0.15, -0.1) is 0 Å². The number of carbonyl (C=O) groups excluding carboxylic acids is 1. The summed E-state index contributed by atoms with van der Waals surface area (Å²) < 4.78 is 11.1. The van der Waals surface area contributed by atoms with Crippen molar-refractivity contribution in [1.82, 2.24) is 0 Å². The molecule has 134 valence electrons. The molecule has 0 aromatic rings. The minimum atomic E-state index is -0.386. The zero-order chi connectivity index (χ0) is 17.1. The Morgan fingerprint density at radius 3 is 2.57 bits per heavy atom. The third-order valence-electron chi connectivity index (χ3n) is 4.49. The number of ether oxygens (including phenoxy) is 2. The van der Waals surface area contributed by atoms with Crippen molar-refractivity contribution in [2.24, 2.45) is 5.92 Å². The van der Waals surface area contributed by atoms with E-state index in [2.05, 4.69) is 13.5 Å². The van der Waals surface area contributed by atoms with Crippen LogP contribution in [0.1, 0.15) is 71.6 Å². The molecular weight excluding hydrogens is 292 g/mol. The molecule has 0 bridgehead atoms. The summed E-state index contributed by atoms with van der Waals surface area (Å²) in [5, 5.41) is 10.1. The first-order chi connectivity index (χ1) is 11.0. The predicted octanol–water partition coefficient (Wildman–Crippen LogP) is 4.01. The van der Waals surface area contributed by atoms with Crippen molar-refractivity contribution in [2.45, 2.75) is 83.8 Å². The van der Waals surface area contributed by atoms with Crippen LogP contribution < -0.4 is 0 Å². The maximum Gasteiger partial charge on any atom is 0.333 e. The smallest absolute Gasteiger partial charge is 0.333 e. The Labute approximate surface area is 141 Å². The molecule has 23 heavy (non-hydrogen) atoms. The van der Waals surface area contributed by atoms with Crippen LogP contribution in [0, 0.1) is 5.92 Å². The molecule has 0 aliphatic heterocycles. The van der Waals surface area contributed by atoms with E-state index in [1.807, 2.05) is 0 Å². The van der Waals surface area contributed by atoms with E-state index in [1.165, 1.54) is 32.1 Å². The van der Waals surface area contributed by atoms with E-state index in [0.717, 1.165) is 25.7 Å². The minimum Gasteiger partial charge on any atom is -0.462 e. The first-order valence-electron chi connectivity index (χ1n) is 9.16. The summed E-state index contributed by atoms with van der Waals surface area (Å²) in [6, 6.07) is 0. The average Bonchev–Trinajstić information content (AvgIpc) is 2.53. The summed E-state index contributed by atoms with van der Waals surface area (Å²) >= 11 is 0. The summed E-state index contributed by atoms with van der Waals surface area (Å²) in [4.78, 5) is 11.4. The molecule has 0 amide bonds. The lowest BCUT2D eigenvalue weighted by Gasteiger charge is -2.33. The average molecular weight is 326 g/mol. The molecule has 1 N–H and O–H groups in total. The first kappa shape index (κ1) is 20.2. The Kier molecular flexibility index (Phi) is 10.2.